The van der Waals surface area contributed by atoms with E-state index in [1.165, 1.54) is 16.9 Å². The van der Waals surface area contributed by atoms with Crippen LogP contribution in [-0.4, -0.2) is 28.3 Å². The maximum Gasteiger partial charge on any atom is 0.377 e. The zero-order valence-corrected chi connectivity index (χ0v) is 15.7. The average Bonchev–Trinajstić information content (AvgIpc) is 2.73. The predicted molar refractivity (Wildman–Crippen MR) is 107 cm³/mol. The topological polar surface area (TPSA) is 98.9 Å². The molecule has 0 fully saturated rings. The van der Waals surface area contributed by atoms with Crippen molar-refractivity contribution in [2.75, 3.05) is 6.61 Å². The van der Waals surface area contributed by atoms with Gasteiger partial charge in [0.25, 0.3) is 11.7 Å². The van der Waals surface area contributed by atoms with E-state index in [2.05, 4.69) is 10.5 Å². The molecule has 8 heteroatoms. The quantitative estimate of drug-likeness (QED) is 0.257. The van der Waals surface area contributed by atoms with Gasteiger partial charge < -0.3 is 4.74 Å². The van der Waals surface area contributed by atoms with Gasteiger partial charge >= 0.3 is 5.97 Å². The molecule has 1 heterocycles. The van der Waals surface area contributed by atoms with Gasteiger partial charge in [0.15, 0.2) is 0 Å². The van der Waals surface area contributed by atoms with Crippen molar-refractivity contribution in [3.8, 4) is 0 Å². The van der Waals surface area contributed by atoms with E-state index < -0.39 is 16.9 Å². The first kappa shape index (κ1) is 18.5. The van der Waals surface area contributed by atoms with E-state index in [4.69, 9.17) is 4.74 Å². The van der Waals surface area contributed by atoms with Crippen molar-refractivity contribution in [2.45, 2.75) is 19.4 Å². The largest absolute Gasteiger partial charge is 0.461 e. The zero-order chi connectivity index (χ0) is 20.4. The first-order valence-electron chi connectivity index (χ1n) is 9.21. The standard InChI is InChI=1S/C21H18N4O4/c1-2-29-21(26)19(13-14-9-11-16(12-10-14)25(27)28)24-22-17-7-3-5-15-6-4-8-18(23-24)20(15)17/h3-12,19H,2,13H2,1H3. The third-order valence-corrected chi connectivity index (χ3v) is 4.69. The highest BCUT2D eigenvalue weighted by atomic mass is 16.6. The molecule has 0 saturated heterocycles. The molecule has 0 N–H and O–H groups in total. The molecule has 0 aliphatic carbocycles. The number of nitro benzene ring substituents is 1. The maximum absolute atomic E-state index is 12.7. The number of carbonyl (C=O) groups excluding carboxylic acids is 1. The first-order valence-corrected chi connectivity index (χ1v) is 9.21. The Balaban J connectivity index is 1.70. The summed E-state index contributed by atoms with van der Waals surface area (Å²) in [6.07, 6.45) is 0.252. The molecule has 0 amide bonds. The van der Waals surface area contributed by atoms with Gasteiger partial charge in [-0.2, -0.15) is 10.5 Å². The number of hydrogen-bond acceptors (Lipinski definition) is 5. The first-order chi connectivity index (χ1) is 14.1. The molecule has 3 aromatic rings. The van der Waals surface area contributed by atoms with Crippen LogP contribution in [0.5, 0.6) is 0 Å². The molecule has 1 aliphatic rings. The van der Waals surface area contributed by atoms with Gasteiger partial charge in [0.05, 0.1) is 11.5 Å². The van der Waals surface area contributed by atoms with E-state index in [1.807, 2.05) is 36.4 Å². The van der Waals surface area contributed by atoms with Crippen molar-refractivity contribution in [3.63, 3.8) is 0 Å². The van der Waals surface area contributed by atoms with Crippen molar-refractivity contribution >= 4 is 33.8 Å². The second-order valence-corrected chi connectivity index (χ2v) is 6.57. The molecule has 0 radical (unpaired) electrons. The second-order valence-electron chi connectivity index (χ2n) is 6.57. The molecule has 0 aromatic heterocycles. The smallest absolute Gasteiger partial charge is 0.377 e. The summed E-state index contributed by atoms with van der Waals surface area (Å²) in [5.74, 6) is -0.454. The van der Waals surface area contributed by atoms with Crippen LogP contribution in [0, 0.1) is 10.1 Å². The number of nitro groups is 1. The highest BCUT2D eigenvalue weighted by Crippen LogP contribution is 2.41. The second kappa shape index (κ2) is 7.67. The lowest BCUT2D eigenvalue weighted by molar-refractivity contribution is -0.565. The van der Waals surface area contributed by atoms with Crippen molar-refractivity contribution in [1.82, 2.24) is 0 Å². The zero-order valence-electron chi connectivity index (χ0n) is 15.7. The molecular weight excluding hydrogens is 372 g/mol. The molecule has 0 saturated carbocycles. The Morgan fingerprint density at radius 1 is 1.17 bits per heavy atom. The number of nitrogens with zero attached hydrogens (tertiary/aromatic N) is 4. The summed E-state index contributed by atoms with van der Waals surface area (Å²) in [7, 11) is 0. The summed E-state index contributed by atoms with van der Waals surface area (Å²) < 4.78 is 5.24. The van der Waals surface area contributed by atoms with Gasteiger partial charge in [0.2, 0.25) is 0 Å². The van der Waals surface area contributed by atoms with Gasteiger partial charge in [0, 0.05) is 29.9 Å². The van der Waals surface area contributed by atoms with E-state index in [1.54, 1.807) is 19.1 Å². The lowest BCUT2D eigenvalue weighted by Crippen LogP contribution is -2.35. The molecule has 0 bridgehead atoms. The van der Waals surface area contributed by atoms with Gasteiger partial charge in [-0.25, -0.2) is 4.79 Å². The number of rotatable bonds is 6. The normalized spacial score (nSPS) is 13.3. The Labute approximate surface area is 166 Å². The minimum absolute atomic E-state index is 0.00520. The Kier molecular flexibility index (Phi) is 4.90. The number of non-ortho nitro benzene ring substituents is 1. The summed E-state index contributed by atoms with van der Waals surface area (Å²) in [4.78, 5) is 24.5. The van der Waals surface area contributed by atoms with Gasteiger partial charge in [-0.1, -0.05) is 48.5 Å². The molecule has 3 aromatic carbocycles. The van der Waals surface area contributed by atoms with Crippen molar-refractivity contribution < 1.29 is 19.3 Å². The van der Waals surface area contributed by atoms with Crippen LogP contribution < -0.4 is 0 Å². The molecule has 1 atom stereocenters. The third-order valence-electron chi connectivity index (χ3n) is 4.69. The summed E-state index contributed by atoms with van der Waals surface area (Å²) in [6.45, 7) is 1.97. The summed E-state index contributed by atoms with van der Waals surface area (Å²) in [5.41, 5.74) is 6.76. The molecule has 29 heavy (non-hydrogen) atoms. The highest BCUT2D eigenvalue weighted by molar-refractivity contribution is 6.02. The van der Waals surface area contributed by atoms with Gasteiger partial charge in [-0.3, -0.25) is 10.1 Å². The number of benzene rings is 3. The van der Waals surface area contributed by atoms with Crippen LogP contribution >= 0.6 is 0 Å². The van der Waals surface area contributed by atoms with Crippen LogP contribution in [0.15, 0.2) is 65.8 Å². The van der Waals surface area contributed by atoms with E-state index in [-0.39, 0.29) is 18.7 Å². The number of azo groups is 1. The fourth-order valence-corrected chi connectivity index (χ4v) is 3.33. The number of esters is 1. The molecule has 4 rings (SSSR count). The minimum Gasteiger partial charge on any atom is -0.461 e. The Morgan fingerprint density at radius 2 is 1.90 bits per heavy atom. The SMILES string of the molecule is CCOC(=O)C(Cc1ccc([N+](=O)[O-])cc1)[N+]1=Nc2cccc3cccc(c23)[N-]1. The number of ether oxygens (including phenoxy) is 1. The fourth-order valence-electron chi connectivity index (χ4n) is 3.33. The van der Waals surface area contributed by atoms with Crippen molar-refractivity contribution in [3.05, 3.63) is 81.8 Å². The minimum atomic E-state index is -0.792. The van der Waals surface area contributed by atoms with Crippen LogP contribution in [0.2, 0.25) is 0 Å². The molecule has 1 aliphatic heterocycles. The van der Waals surface area contributed by atoms with E-state index in [9.17, 15) is 14.9 Å². The summed E-state index contributed by atoms with van der Waals surface area (Å²) in [6, 6.07) is 16.8. The molecule has 146 valence electrons. The van der Waals surface area contributed by atoms with E-state index in [0.717, 1.165) is 27.7 Å². The van der Waals surface area contributed by atoms with Gasteiger partial charge in [-0.05, 0) is 23.3 Å². The predicted octanol–water partition coefficient (Wildman–Crippen LogP) is 4.95. The van der Waals surface area contributed by atoms with Crippen molar-refractivity contribution in [2.24, 2.45) is 5.11 Å². The van der Waals surface area contributed by atoms with Crippen LogP contribution in [0.4, 0.5) is 17.1 Å². The highest BCUT2D eigenvalue weighted by Gasteiger charge is 2.32. The molecule has 0 spiro atoms. The molecule has 1 unspecified atom stereocenters. The lowest BCUT2D eigenvalue weighted by Gasteiger charge is -2.24. The maximum atomic E-state index is 12.7. The molecule has 8 nitrogen and oxygen atoms in total. The molecular formula is C21H18N4O4. The van der Waals surface area contributed by atoms with Gasteiger partial charge in [-0.15, -0.1) is 4.81 Å². The summed E-state index contributed by atoms with van der Waals surface area (Å²) in [5, 5.41) is 17.4. The van der Waals surface area contributed by atoms with Crippen LogP contribution in [0.1, 0.15) is 12.5 Å². The van der Waals surface area contributed by atoms with Crippen LogP contribution in [0.25, 0.3) is 16.2 Å². The Bertz CT molecular complexity index is 1120. The van der Waals surface area contributed by atoms with Gasteiger partial charge in [0.1, 0.15) is 0 Å². The van der Waals surface area contributed by atoms with Crippen LogP contribution in [0.3, 0.4) is 0 Å². The van der Waals surface area contributed by atoms with Crippen LogP contribution in [-0.2, 0) is 16.0 Å². The Morgan fingerprint density at radius 3 is 2.59 bits per heavy atom. The average molecular weight is 390 g/mol. The Hall–Kier alpha value is -3.81. The van der Waals surface area contributed by atoms with E-state index >= 15 is 0 Å². The monoisotopic (exact) mass is 390 g/mol. The number of carbonyl (C=O) groups is 1. The third kappa shape index (κ3) is 3.64. The summed E-state index contributed by atoms with van der Waals surface area (Å²) >= 11 is 0. The fraction of sp³-hybridized carbons (Fsp3) is 0.190. The van der Waals surface area contributed by atoms with Crippen molar-refractivity contribution in [1.29, 1.82) is 0 Å². The number of hydrogen-bond donors (Lipinski definition) is 0. The van der Waals surface area contributed by atoms with E-state index in [0.29, 0.717) is 0 Å². The lowest BCUT2D eigenvalue weighted by atomic mass is 10.0.